The molecule has 0 radical (unpaired) electrons. The van der Waals surface area contributed by atoms with Crippen molar-refractivity contribution in [3.05, 3.63) is 18.2 Å². The van der Waals surface area contributed by atoms with E-state index in [1.54, 1.807) is 11.0 Å². The molecule has 0 spiro atoms. The summed E-state index contributed by atoms with van der Waals surface area (Å²) < 4.78 is 21.8. The predicted molar refractivity (Wildman–Crippen MR) is 83.0 cm³/mol. The number of carbonyl (C=O) groups is 1. The lowest BCUT2D eigenvalue weighted by Gasteiger charge is -2.35. The molecule has 1 fully saturated rings. The van der Waals surface area contributed by atoms with Crippen molar-refractivity contribution in [1.29, 1.82) is 0 Å². The van der Waals surface area contributed by atoms with E-state index < -0.39 is 0 Å². The largest absolute Gasteiger partial charge is 0.492 e. The average molecular weight is 322 g/mol. The van der Waals surface area contributed by atoms with Gasteiger partial charge in [0.15, 0.2) is 11.5 Å². The number of benzene rings is 1. The highest BCUT2D eigenvalue weighted by Gasteiger charge is 2.25. The molecule has 2 aliphatic rings. The normalized spacial score (nSPS) is 22.8. The summed E-state index contributed by atoms with van der Waals surface area (Å²) in [7, 11) is 0. The van der Waals surface area contributed by atoms with Crippen molar-refractivity contribution in [1.82, 2.24) is 10.2 Å². The second-order valence-corrected chi connectivity index (χ2v) is 5.76. The van der Waals surface area contributed by atoms with Crippen molar-refractivity contribution >= 4 is 6.03 Å². The molecule has 1 saturated heterocycles. The smallest absolute Gasteiger partial charge is 0.317 e. The number of morpholine rings is 1. The van der Waals surface area contributed by atoms with Crippen LogP contribution in [0, 0.1) is 0 Å². The lowest BCUT2D eigenvalue weighted by Crippen LogP contribution is -2.52. The van der Waals surface area contributed by atoms with Gasteiger partial charge in [0.25, 0.3) is 0 Å². The van der Waals surface area contributed by atoms with Gasteiger partial charge in [-0.2, -0.15) is 0 Å². The number of urea groups is 1. The quantitative estimate of drug-likeness (QED) is 0.853. The fourth-order valence-electron chi connectivity index (χ4n) is 2.75. The summed E-state index contributed by atoms with van der Waals surface area (Å²) in [6, 6.07) is 5.34. The van der Waals surface area contributed by atoms with E-state index in [0.29, 0.717) is 37.7 Å². The van der Waals surface area contributed by atoms with Gasteiger partial charge < -0.3 is 29.2 Å². The van der Waals surface area contributed by atoms with Crippen molar-refractivity contribution in [3.8, 4) is 17.2 Å². The maximum Gasteiger partial charge on any atom is 0.317 e. The summed E-state index contributed by atoms with van der Waals surface area (Å²) in [5.41, 5.74) is 0. The molecule has 0 saturated carbocycles. The van der Waals surface area contributed by atoms with Crippen molar-refractivity contribution in [2.45, 2.75) is 26.1 Å². The van der Waals surface area contributed by atoms with E-state index in [1.165, 1.54) is 0 Å². The predicted octanol–water partition coefficient (Wildman–Crippen LogP) is 1.61. The summed E-state index contributed by atoms with van der Waals surface area (Å²) in [6.45, 7) is 6.23. The monoisotopic (exact) mass is 322 g/mol. The maximum atomic E-state index is 12.1. The van der Waals surface area contributed by atoms with Gasteiger partial charge in [-0.15, -0.1) is 0 Å². The molecular formula is C16H22N2O5. The van der Waals surface area contributed by atoms with Gasteiger partial charge >= 0.3 is 6.03 Å². The van der Waals surface area contributed by atoms with Crippen LogP contribution in [0.5, 0.6) is 17.2 Å². The van der Waals surface area contributed by atoms with Crippen LogP contribution in [0.25, 0.3) is 0 Å². The van der Waals surface area contributed by atoms with Gasteiger partial charge in [0.2, 0.25) is 6.79 Å². The third-order valence-electron chi connectivity index (χ3n) is 3.70. The Morgan fingerprint density at radius 1 is 1.26 bits per heavy atom. The van der Waals surface area contributed by atoms with E-state index >= 15 is 0 Å². The minimum absolute atomic E-state index is 0.0642. The molecule has 126 valence electrons. The van der Waals surface area contributed by atoms with Crippen LogP contribution in [0.1, 0.15) is 13.8 Å². The lowest BCUT2D eigenvalue weighted by molar-refractivity contribution is -0.0545. The van der Waals surface area contributed by atoms with Gasteiger partial charge in [-0.25, -0.2) is 4.79 Å². The molecule has 0 unspecified atom stereocenters. The topological polar surface area (TPSA) is 69.3 Å². The zero-order valence-electron chi connectivity index (χ0n) is 13.4. The second kappa shape index (κ2) is 6.95. The zero-order chi connectivity index (χ0) is 16.2. The van der Waals surface area contributed by atoms with E-state index in [4.69, 9.17) is 18.9 Å². The van der Waals surface area contributed by atoms with E-state index in [2.05, 4.69) is 5.32 Å². The molecular weight excluding hydrogens is 300 g/mol. The summed E-state index contributed by atoms with van der Waals surface area (Å²) >= 11 is 0. The van der Waals surface area contributed by atoms with Gasteiger partial charge in [-0.3, -0.25) is 0 Å². The lowest BCUT2D eigenvalue weighted by atomic mass is 10.2. The fraction of sp³-hybridized carbons (Fsp3) is 0.562. The number of hydrogen-bond donors (Lipinski definition) is 1. The van der Waals surface area contributed by atoms with Gasteiger partial charge in [0.05, 0.1) is 18.8 Å². The van der Waals surface area contributed by atoms with Crippen LogP contribution in [-0.4, -0.2) is 56.2 Å². The van der Waals surface area contributed by atoms with Crippen molar-refractivity contribution < 1.29 is 23.7 Å². The number of rotatable bonds is 4. The number of nitrogens with zero attached hydrogens (tertiary/aromatic N) is 1. The van der Waals surface area contributed by atoms with Crippen LogP contribution in [0.4, 0.5) is 4.79 Å². The number of fused-ring (bicyclic) bond motifs is 1. The highest BCUT2D eigenvalue weighted by Crippen LogP contribution is 2.34. The molecule has 0 aliphatic carbocycles. The first-order valence-electron chi connectivity index (χ1n) is 7.82. The van der Waals surface area contributed by atoms with Crippen LogP contribution in [0.3, 0.4) is 0 Å². The summed E-state index contributed by atoms with van der Waals surface area (Å²) in [5.74, 6) is 2.10. The molecule has 2 aliphatic heterocycles. The first-order valence-corrected chi connectivity index (χ1v) is 7.82. The molecule has 7 heteroatoms. The molecule has 0 aromatic heterocycles. The Balaban J connectivity index is 1.40. The van der Waals surface area contributed by atoms with Crippen LogP contribution in [-0.2, 0) is 4.74 Å². The Hall–Kier alpha value is -2.15. The van der Waals surface area contributed by atoms with Crippen molar-refractivity contribution in [3.63, 3.8) is 0 Å². The summed E-state index contributed by atoms with van der Waals surface area (Å²) in [4.78, 5) is 13.9. The average Bonchev–Trinajstić information content (AvgIpc) is 2.98. The highest BCUT2D eigenvalue weighted by molar-refractivity contribution is 5.74. The zero-order valence-corrected chi connectivity index (χ0v) is 13.4. The van der Waals surface area contributed by atoms with Crippen molar-refractivity contribution in [2.24, 2.45) is 0 Å². The number of ether oxygens (including phenoxy) is 4. The molecule has 2 atom stereocenters. The number of hydrogen-bond acceptors (Lipinski definition) is 5. The first kappa shape index (κ1) is 15.7. The molecule has 0 bridgehead atoms. The van der Waals surface area contributed by atoms with Crippen LogP contribution in [0.15, 0.2) is 18.2 Å². The minimum atomic E-state index is -0.0821. The Morgan fingerprint density at radius 3 is 2.78 bits per heavy atom. The van der Waals surface area contributed by atoms with E-state index in [1.807, 2.05) is 26.0 Å². The minimum Gasteiger partial charge on any atom is -0.492 e. The molecule has 1 aromatic carbocycles. The molecule has 23 heavy (non-hydrogen) atoms. The highest BCUT2D eigenvalue weighted by atomic mass is 16.7. The Kier molecular flexibility index (Phi) is 4.76. The number of carbonyl (C=O) groups excluding carboxylic acids is 1. The number of amides is 2. The van der Waals surface area contributed by atoms with Crippen LogP contribution >= 0.6 is 0 Å². The van der Waals surface area contributed by atoms with Gasteiger partial charge in [0.1, 0.15) is 12.4 Å². The molecule has 3 rings (SSSR count). The van der Waals surface area contributed by atoms with Gasteiger partial charge in [0, 0.05) is 19.2 Å². The Labute approximate surface area is 135 Å². The third kappa shape index (κ3) is 3.98. The van der Waals surface area contributed by atoms with Crippen LogP contribution in [0.2, 0.25) is 0 Å². The molecule has 2 amide bonds. The Bertz CT molecular complexity index is 555. The van der Waals surface area contributed by atoms with E-state index in [-0.39, 0.29) is 25.0 Å². The standard InChI is InChI=1S/C16H22N2O5/c1-11-8-18(9-12(2)23-11)16(19)17-5-6-20-13-3-4-14-15(7-13)22-10-21-14/h3-4,7,11-12H,5-6,8-10H2,1-2H3,(H,17,19)/t11-,12-/m1/s1. The van der Waals surface area contributed by atoms with Gasteiger partial charge in [-0.05, 0) is 26.0 Å². The van der Waals surface area contributed by atoms with Crippen LogP contribution < -0.4 is 19.5 Å². The van der Waals surface area contributed by atoms with Gasteiger partial charge in [-0.1, -0.05) is 0 Å². The fourth-order valence-corrected chi connectivity index (χ4v) is 2.75. The van der Waals surface area contributed by atoms with E-state index in [0.717, 1.165) is 5.75 Å². The summed E-state index contributed by atoms with van der Waals surface area (Å²) in [5, 5.41) is 2.87. The molecule has 7 nitrogen and oxygen atoms in total. The second-order valence-electron chi connectivity index (χ2n) is 5.76. The van der Waals surface area contributed by atoms with Crippen molar-refractivity contribution in [2.75, 3.05) is 33.0 Å². The first-order chi connectivity index (χ1) is 11.1. The number of nitrogens with one attached hydrogen (secondary N) is 1. The Morgan fingerprint density at radius 2 is 2.00 bits per heavy atom. The molecule has 2 heterocycles. The summed E-state index contributed by atoms with van der Waals surface area (Å²) in [6.07, 6.45) is 0.128. The molecule has 1 aromatic rings. The SMILES string of the molecule is C[C@@H]1CN(C(=O)NCCOc2ccc3c(c2)OCO3)C[C@@H](C)O1. The van der Waals surface area contributed by atoms with E-state index in [9.17, 15) is 4.79 Å². The maximum absolute atomic E-state index is 12.1. The molecule has 1 N–H and O–H groups in total. The third-order valence-corrected chi connectivity index (χ3v) is 3.70.